The van der Waals surface area contributed by atoms with Gasteiger partial charge in [-0.05, 0) is 56.3 Å². The first-order chi connectivity index (χ1) is 9.94. The van der Waals surface area contributed by atoms with E-state index in [1.54, 1.807) is 0 Å². The first kappa shape index (κ1) is 17.3. The molecule has 2 nitrogen and oxygen atoms in total. The summed E-state index contributed by atoms with van der Waals surface area (Å²) in [6, 6.07) is 0.235. The van der Waals surface area contributed by atoms with Gasteiger partial charge in [0.15, 0.2) is 0 Å². The van der Waals surface area contributed by atoms with E-state index in [-0.39, 0.29) is 11.6 Å². The Kier molecular flexibility index (Phi) is 5.76. The Morgan fingerprint density at radius 2 is 1.67 bits per heavy atom. The molecule has 3 atom stereocenters. The molecule has 2 saturated carbocycles. The predicted molar refractivity (Wildman–Crippen MR) is 90.3 cm³/mol. The molecule has 21 heavy (non-hydrogen) atoms. The Balaban J connectivity index is 2.13. The minimum Gasteiger partial charge on any atom is -0.374 e. The number of hydrogen-bond acceptors (Lipinski definition) is 2. The van der Waals surface area contributed by atoms with Crippen molar-refractivity contribution in [2.75, 3.05) is 6.61 Å². The van der Waals surface area contributed by atoms with Crippen molar-refractivity contribution in [3.8, 4) is 0 Å². The van der Waals surface area contributed by atoms with E-state index in [4.69, 9.17) is 10.5 Å². The summed E-state index contributed by atoms with van der Waals surface area (Å²) in [7, 11) is 0. The van der Waals surface area contributed by atoms with E-state index in [0.29, 0.717) is 11.3 Å². The van der Waals surface area contributed by atoms with Gasteiger partial charge in [0, 0.05) is 12.6 Å². The molecule has 2 aliphatic rings. The fourth-order valence-corrected chi connectivity index (χ4v) is 4.82. The normalized spacial score (nSPS) is 33.6. The Hall–Kier alpha value is -0.0800. The summed E-state index contributed by atoms with van der Waals surface area (Å²) in [5.74, 6) is 1.50. The molecule has 0 radical (unpaired) electrons. The third-order valence-electron chi connectivity index (χ3n) is 6.44. The lowest BCUT2D eigenvalue weighted by Crippen LogP contribution is -2.58. The molecule has 2 rings (SSSR count). The van der Waals surface area contributed by atoms with Crippen LogP contribution in [0.15, 0.2) is 0 Å². The molecule has 0 spiro atoms. The van der Waals surface area contributed by atoms with Crippen molar-refractivity contribution in [2.45, 2.75) is 97.1 Å². The highest BCUT2D eigenvalue weighted by Crippen LogP contribution is 2.47. The van der Waals surface area contributed by atoms with Crippen LogP contribution in [-0.2, 0) is 4.74 Å². The smallest absolute Gasteiger partial charge is 0.0835 e. The van der Waals surface area contributed by atoms with Gasteiger partial charge in [0.25, 0.3) is 0 Å². The largest absolute Gasteiger partial charge is 0.374 e. The van der Waals surface area contributed by atoms with E-state index < -0.39 is 0 Å². The highest BCUT2D eigenvalue weighted by molar-refractivity contribution is 5.01. The second-order valence-electron chi connectivity index (χ2n) is 8.30. The SMILES string of the molecule is CCOC1(C(N)C2CCCCC2CC)CCC(C)(C)CC1. The second-order valence-corrected chi connectivity index (χ2v) is 8.30. The van der Waals surface area contributed by atoms with Crippen LogP contribution in [0.3, 0.4) is 0 Å². The lowest BCUT2D eigenvalue weighted by Gasteiger charge is -2.50. The lowest BCUT2D eigenvalue weighted by molar-refractivity contribution is -0.117. The number of nitrogens with two attached hydrogens (primary N) is 1. The molecule has 0 bridgehead atoms. The van der Waals surface area contributed by atoms with Crippen molar-refractivity contribution in [1.82, 2.24) is 0 Å². The van der Waals surface area contributed by atoms with Crippen molar-refractivity contribution in [2.24, 2.45) is 23.0 Å². The Morgan fingerprint density at radius 1 is 1.05 bits per heavy atom. The minimum atomic E-state index is -0.0420. The summed E-state index contributed by atoms with van der Waals surface area (Å²) in [6.07, 6.45) is 11.6. The summed E-state index contributed by atoms with van der Waals surface area (Å²) in [4.78, 5) is 0. The van der Waals surface area contributed by atoms with Crippen molar-refractivity contribution < 1.29 is 4.74 Å². The van der Waals surface area contributed by atoms with Crippen LogP contribution in [0, 0.1) is 17.3 Å². The molecule has 2 fully saturated rings. The molecule has 2 heteroatoms. The summed E-state index contributed by atoms with van der Waals surface area (Å²) >= 11 is 0. The van der Waals surface area contributed by atoms with Gasteiger partial charge in [-0.15, -0.1) is 0 Å². The van der Waals surface area contributed by atoms with Gasteiger partial charge >= 0.3 is 0 Å². The average Bonchev–Trinajstić information content (AvgIpc) is 2.49. The maximum Gasteiger partial charge on any atom is 0.0835 e. The first-order valence-corrected chi connectivity index (χ1v) is 9.33. The van der Waals surface area contributed by atoms with Crippen LogP contribution >= 0.6 is 0 Å². The zero-order chi connectivity index (χ0) is 15.5. The molecule has 2 aliphatic carbocycles. The third-order valence-corrected chi connectivity index (χ3v) is 6.44. The molecule has 0 aromatic heterocycles. The standard InChI is InChI=1S/C19H37NO/c1-5-15-9-7-8-10-16(15)17(20)19(21-6-2)13-11-18(3,4)12-14-19/h15-17H,5-14,20H2,1-4H3. The lowest BCUT2D eigenvalue weighted by atomic mass is 9.63. The molecule has 0 aliphatic heterocycles. The minimum absolute atomic E-state index is 0.0420. The molecule has 0 amide bonds. The zero-order valence-electron chi connectivity index (χ0n) is 14.8. The van der Waals surface area contributed by atoms with Crippen molar-refractivity contribution >= 4 is 0 Å². The molecule has 124 valence electrons. The predicted octanol–water partition coefficient (Wildman–Crippen LogP) is 4.91. The fourth-order valence-electron chi connectivity index (χ4n) is 4.82. The molecule has 0 saturated heterocycles. The van der Waals surface area contributed by atoms with Gasteiger partial charge in [-0.2, -0.15) is 0 Å². The van der Waals surface area contributed by atoms with E-state index in [2.05, 4.69) is 27.7 Å². The molecule has 0 heterocycles. The summed E-state index contributed by atoms with van der Waals surface area (Å²) in [5, 5.41) is 0. The Bertz CT molecular complexity index is 316. The maximum absolute atomic E-state index is 6.87. The van der Waals surface area contributed by atoms with Crippen LogP contribution in [0.5, 0.6) is 0 Å². The first-order valence-electron chi connectivity index (χ1n) is 9.33. The van der Waals surface area contributed by atoms with Crippen molar-refractivity contribution in [3.05, 3.63) is 0 Å². The zero-order valence-corrected chi connectivity index (χ0v) is 14.8. The van der Waals surface area contributed by atoms with Gasteiger partial charge in [-0.25, -0.2) is 0 Å². The number of rotatable bonds is 5. The van der Waals surface area contributed by atoms with E-state index in [9.17, 15) is 0 Å². The van der Waals surface area contributed by atoms with Crippen molar-refractivity contribution in [1.29, 1.82) is 0 Å². The van der Waals surface area contributed by atoms with E-state index in [1.807, 2.05) is 0 Å². The van der Waals surface area contributed by atoms with Crippen LogP contribution in [0.2, 0.25) is 0 Å². The number of hydrogen-bond donors (Lipinski definition) is 1. The quantitative estimate of drug-likeness (QED) is 0.782. The number of ether oxygens (including phenoxy) is 1. The van der Waals surface area contributed by atoms with Gasteiger partial charge in [-0.3, -0.25) is 0 Å². The van der Waals surface area contributed by atoms with Crippen molar-refractivity contribution in [3.63, 3.8) is 0 Å². The molecule has 3 unspecified atom stereocenters. The summed E-state index contributed by atoms with van der Waals surface area (Å²) < 4.78 is 6.35. The van der Waals surface area contributed by atoms with Crippen LogP contribution in [0.1, 0.15) is 85.5 Å². The molecule has 0 aromatic carbocycles. The van der Waals surface area contributed by atoms with E-state index >= 15 is 0 Å². The maximum atomic E-state index is 6.87. The monoisotopic (exact) mass is 295 g/mol. The second kappa shape index (κ2) is 7.00. The summed E-state index contributed by atoms with van der Waals surface area (Å²) in [6.45, 7) is 10.1. The van der Waals surface area contributed by atoms with Gasteiger partial charge in [0.2, 0.25) is 0 Å². The van der Waals surface area contributed by atoms with Crippen LogP contribution in [0.25, 0.3) is 0 Å². The van der Waals surface area contributed by atoms with Gasteiger partial charge in [0.05, 0.1) is 5.60 Å². The van der Waals surface area contributed by atoms with Gasteiger partial charge < -0.3 is 10.5 Å². The van der Waals surface area contributed by atoms with Gasteiger partial charge in [-0.1, -0.05) is 46.5 Å². The third kappa shape index (κ3) is 3.82. The highest BCUT2D eigenvalue weighted by atomic mass is 16.5. The fraction of sp³-hybridized carbons (Fsp3) is 1.00. The molecule has 0 aromatic rings. The van der Waals surface area contributed by atoms with Crippen LogP contribution in [-0.4, -0.2) is 18.2 Å². The van der Waals surface area contributed by atoms with Crippen LogP contribution in [0.4, 0.5) is 0 Å². The van der Waals surface area contributed by atoms with E-state index in [1.165, 1.54) is 44.9 Å². The van der Waals surface area contributed by atoms with Gasteiger partial charge in [0.1, 0.15) is 0 Å². The Morgan fingerprint density at radius 3 is 2.24 bits per heavy atom. The molecular weight excluding hydrogens is 258 g/mol. The van der Waals surface area contributed by atoms with E-state index in [0.717, 1.165) is 25.4 Å². The molecular formula is C19H37NO. The van der Waals surface area contributed by atoms with Crippen LogP contribution < -0.4 is 5.73 Å². The molecule has 2 N–H and O–H groups in total. The Labute approximate surface area is 132 Å². The highest BCUT2D eigenvalue weighted by Gasteiger charge is 2.47. The average molecular weight is 296 g/mol. The summed E-state index contributed by atoms with van der Waals surface area (Å²) in [5.41, 5.74) is 7.30. The topological polar surface area (TPSA) is 35.2 Å².